The molecule has 31 heavy (non-hydrogen) atoms. The zero-order valence-corrected chi connectivity index (χ0v) is 16.4. The van der Waals surface area contributed by atoms with Gasteiger partial charge in [-0.1, -0.05) is 48.5 Å². The van der Waals surface area contributed by atoms with E-state index in [1.165, 1.54) is 31.2 Å². The molecule has 0 fully saturated rings. The van der Waals surface area contributed by atoms with Gasteiger partial charge in [0.25, 0.3) is 0 Å². The number of alkyl halides is 3. The van der Waals surface area contributed by atoms with E-state index >= 15 is 0 Å². The number of ketones is 1. The van der Waals surface area contributed by atoms with Crippen LogP contribution in [0.25, 0.3) is 34.3 Å². The van der Waals surface area contributed by atoms with Crippen LogP contribution in [0.3, 0.4) is 0 Å². The fourth-order valence-electron chi connectivity index (χ4n) is 3.27. The second-order valence-electron chi connectivity index (χ2n) is 6.91. The Balaban J connectivity index is 1.57. The number of Topliss-reactive ketones (excluding diaryl/α,β-unsaturated/α-hetero) is 1. The van der Waals surface area contributed by atoms with Gasteiger partial charge >= 0.3 is 6.36 Å². The van der Waals surface area contributed by atoms with E-state index in [2.05, 4.69) is 14.7 Å². The first-order valence-corrected chi connectivity index (χ1v) is 9.42. The molecule has 0 aliphatic heterocycles. The highest BCUT2D eigenvalue weighted by molar-refractivity contribution is 6.01. The third-order valence-corrected chi connectivity index (χ3v) is 4.67. The minimum Gasteiger partial charge on any atom is -0.406 e. The van der Waals surface area contributed by atoms with E-state index in [9.17, 15) is 18.0 Å². The molecule has 4 aromatic rings. The Morgan fingerprint density at radius 3 is 2.45 bits per heavy atom. The number of carbonyl (C=O) groups is 1. The van der Waals surface area contributed by atoms with E-state index in [0.717, 1.165) is 22.2 Å². The lowest BCUT2D eigenvalue weighted by Gasteiger charge is -2.08. The van der Waals surface area contributed by atoms with E-state index in [4.69, 9.17) is 0 Å². The number of halogens is 3. The van der Waals surface area contributed by atoms with Crippen LogP contribution in [0.2, 0.25) is 0 Å². The van der Waals surface area contributed by atoms with Gasteiger partial charge in [-0.3, -0.25) is 4.79 Å². The molecule has 0 unspecified atom stereocenters. The van der Waals surface area contributed by atoms with Gasteiger partial charge in [0.1, 0.15) is 11.6 Å². The Morgan fingerprint density at radius 2 is 1.74 bits per heavy atom. The van der Waals surface area contributed by atoms with Crippen LogP contribution in [0, 0.1) is 0 Å². The zero-order valence-electron chi connectivity index (χ0n) is 16.4. The van der Waals surface area contributed by atoms with Crippen LogP contribution in [0.5, 0.6) is 5.75 Å². The number of rotatable bonds is 5. The van der Waals surface area contributed by atoms with Crippen molar-refractivity contribution in [2.24, 2.45) is 0 Å². The molecule has 7 heteroatoms. The number of carbonyl (C=O) groups excluding carboxylic acids is 1. The summed E-state index contributed by atoms with van der Waals surface area (Å²) in [4.78, 5) is 19.7. The van der Waals surface area contributed by atoms with Crippen molar-refractivity contribution >= 4 is 29.0 Å². The predicted molar refractivity (Wildman–Crippen MR) is 114 cm³/mol. The second-order valence-corrected chi connectivity index (χ2v) is 6.91. The number of ether oxygens (including phenoxy) is 1. The fourth-order valence-corrected chi connectivity index (χ4v) is 3.27. The lowest BCUT2D eigenvalue weighted by Crippen LogP contribution is -2.16. The molecule has 0 amide bonds. The van der Waals surface area contributed by atoms with Crippen LogP contribution in [0.15, 0.2) is 66.7 Å². The summed E-state index contributed by atoms with van der Waals surface area (Å²) in [5.74, 6) is 0.322. The van der Waals surface area contributed by atoms with Gasteiger partial charge in [-0.05, 0) is 54.0 Å². The molecule has 1 N–H and O–H groups in total. The van der Waals surface area contributed by atoms with Crippen molar-refractivity contribution in [1.29, 1.82) is 0 Å². The van der Waals surface area contributed by atoms with Crippen molar-refractivity contribution < 1.29 is 22.7 Å². The molecule has 0 bridgehead atoms. The third-order valence-electron chi connectivity index (χ3n) is 4.67. The van der Waals surface area contributed by atoms with Gasteiger partial charge in [-0.25, -0.2) is 4.98 Å². The van der Waals surface area contributed by atoms with Crippen molar-refractivity contribution in [2.45, 2.75) is 13.3 Å². The van der Waals surface area contributed by atoms with Crippen LogP contribution in [0.4, 0.5) is 13.2 Å². The molecule has 0 radical (unpaired) electrons. The molecule has 0 saturated heterocycles. The molecule has 1 aromatic heterocycles. The maximum absolute atomic E-state index is 12.2. The van der Waals surface area contributed by atoms with E-state index < -0.39 is 6.36 Å². The summed E-state index contributed by atoms with van der Waals surface area (Å²) in [7, 11) is 0. The van der Waals surface area contributed by atoms with Crippen molar-refractivity contribution in [1.82, 2.24) is 9.97 Å². The lowest BCUT2D eigenvalue weighted by atomic mass is 9.97. The van der Waals surface area contributed by atoms with E-state index in [1.54, 1.807) is 18.2 Å². The summed E-state index contributed by atoms with van der Waals surface area (Å²) in [5, 5.41) is 0. The van der Waals surface area contributed by atoms with E-state index in [0.29, 0.717) is 17.0 Å². The number of hydrogen-bond acceptors (Lipinski definition) is 3. The molecular weight excluding hydrogens is 405 g/mol. The molecule has 156 valence electrons. The summed E-state index contributed by atoms with van der Waals surface area (Å²) in [6.45, 7) is 1.54. The van der Waals surface area contributed by atoms with Gasteiger partial charge in [0.15, 0.2) is 5.78 Å². The molecule has 0 spiro atoms. The number of fused-ring (bicyclic) bond motifs is 1. The van der Waals surface area contributed by atoms with Crippen LogP contribution in [-0.4, -0.2) is 22.1 Å². The van der Waals surface area contributed by atoms with Gasteiger partial charge in [0.05, 0.1) is 11.0 Å². The number of nitrogens with zero attached hydrogens (tertiary/aromatic N) is 1. The van der Waals surface area contributed by atoms with Crippen molar-refractivity contribution in [3.63, 3.8) is 0 Å². The molecule has 0 aliphatic carbocycles. The molecule has 0 aliphatic rings. The highest BCUT2D eigenvalue weighted by Crippen LogP contribution is 2.27. The third kappa shape index (κ3) is 4.83. The predicted octanol–water partition coefficient (Wildman–Crippen LogP) is 6.50. The maximum atomic E-state index is 12.2. The molecule has 1 heterocycles. The topological polar surface area (TPSA) is 55.0 Å². The molecule has 0 atom stereocenters. The largest absolute Gasteiger partial charge is 0.573 e. The fraction of sp³-hybridized carbons (Fsp3) is 0.0833. The number of nitrogens with one attached hydrogen (secondary N) is 1. The zero-order chi connectivity index (χ0) is 22.0. The first kappa shape index (κ1) is 20.4. The van der Waals surface area contributed by atoms with Gasteiger partial charge in [-0.2, -0.15) is 0 Å². The van der Waals surface area contributed by atoms with Crippen LogP contribution < -0.4 is 4.74 Å². The number of imidazole rings is 1. The SMILES string of the molecule is CC(=O)c1ccccc1-c1ccc2[nH]c(/C=C/c3ccc(OC(F)(F)F)cc3)nc2c1. The minimum atomic E-state index is -4.71. The second kappa shape index (κ2) is 8.10. The monoisotopic (exact) mass is 422 g/mol. The number of aromatic amines is 1. The molecule has 4 rings (SSSR count). The van der Waals surface area contributed by atoms with Crippen LogP contribution >= 0.6 is 0 Å². The molecule has 4 nitrogen and oxygen atoms in total. The summed E-state index contributed by atoms with van der Waals surface area (Å²) in [6, 6.07) is 18.7. The normalized spacial score (nSPS) is 11.9. The Morgan fingerprint density at radius 1 is 1.00 bits per heavy atom. The maximum Gasteiger partial charge on any atom is 0.573 e. The van der Waals surface area contributed by atoms with Gasteiger partial charge in [-0.15, -0.1) is 13.2 Å². The Hall–Kier alpha value is -3.87. The first-order chi connectivity index (χ1) is 14.8. The minimum absolute atomic E-state index is 0.00648. The van der Waals surface area contributed by atoms with Gasteiger partial charge < -0.3 is 9.72 Å². The Labute approximate surface area is 176 Å². The summed E-state index contributed by atoms with van der Waals surface area (Å²) < 4.78 is 40.6. The summed E-state index contributed by atoms with van der Waals surface area (Å²) >= 11 is 0. The average molecular weight is 422 g/mol. The van der Waals surface area contributed by atoms with Crippen molar-refractivity contribution in [2.75, 3.05) is 0 Å². The highest BCUT2D eigenvalue weighted by Gasteiger charge is 2.30. The summed E-state index contributed by atoms with van der Waals surface area (Å²) in [5.41, 5.74) is 4.65. The molecule has 0 saturated carbocycles. The smallest absolute Gasteiger partial charge is 0.406 e. The standard InChI is InChI=1S/C24H17F3N2O2/c1-15(30)19-4-2-3-5-20(19)17-9-12-21-22(14-17)29-23(28-21)13-8-16-6-10-18(11-7-16)31-24(25,26)27/h2-14H,1H3,(H,28,29)/b13-8+. The van der Waals surface area contributed by atoms with Crippen LogP contribution in [0.1, 0.15) is 28.7 Å². The van der Waals surface area contributed by atoms with E-state index in [-0.39, 0.29) is 11.5 Å². The summed E-state index contributed by atoms with van der Waals surface area (Å²) in [6.07, 6.45) is -1.24. The Bertz CT molecular complexity index is 1270. The molecular formula is C24H17F3N2O2. The quantitative estimate of drug-likeness (QED) is 0.374. The van der Waals surface area contributed by atoms with Gasteiger partial charge in [0, 0.05) is 5.56 Å². The molecule has 3 aromatic carbocycles. The Kier molecular flexibility index (Phi) is 5.33. The number of aromatic nitrogens is 2. The number of H-pyrrole nitrogens is 1. The lowest BCUT2D eigenvalue weighted by molar-refractivity contribution is -0.274. The van der Waals surface area contributed by atoms with Crippen molar-refractivity contribution in [3.8, 4) is 16.9 Å². The number of benzene rings is 3. The van der Waals surface area contributed by atoms with Crippen molar-refractivity contribution in [3.05, 3.63) is 83.7 Å². The van der Waals surface area contributed by atoms with E-state index in [1.807, 2.05) is 36.4 Å². The first-order valence-electron chi connectivity index (χ1n) is 9.42. The van der Waals surface area contributed by atoms with Crippen LogP contribution in [-0.2, 0) is 0 Å². The van der Waals surface area contributed by atoms with Gasteiger partial charge in [0.2, 0.25) is 0 Å². The average Bonchev–Trinajstić information content (AvgIpc) is 3.14. The highest BCUT2D eigenvalue weighted by atomic mass is 19.4. The number of hydrogen-bond donors (Lipinski definition) is 1.